The molecule has 0 saturated carbocycles. The zero-order valence-electron chi connectivity index (χ0n) is 10.1. The predicted molar refractivity (Wildman–Crippen MR) is 64.9 cm³/mol. The maximum Gasteiger partial charge on any atom is 0.354 e. The second-order valence-corrected chi connectivity index (χ2v) is 3.51. The van der Waals surface area contributed by atoms with E-state index in [9.17, 15) is 9.59 Å². The lowest BCUT2D eigenvalue weighted by Gasteiger charge is -2.16. The van der Waals surface area contributed by atoms with E-state index in [1.54, 1.807) is 6.08 Å². The van der Waals surface area contributed by atoms with Crippen molar-refractivity contribution in [1.82, 2.24) is 4.90 Å². The minimum atomic E-state index is -0.536. The van der Waals surface area contributed by atoms with Crippen LogP contribution in [0.1, 0.15) is 12.5 Å². The van der Waals surface area contributed by atoms with Gasteiger partial charge in [-0.25, -0.2) is 4.79 Å². The van der Waals surface area contributed by atoms with E-state index in [4.69, 9.17) is 0 Å². The van der Waals surface area contributed by atoms with Gasteiger partial charge in [-0.1, -0.05) is 30.3 Å². The second kappa shape index (κ2) is 5.84. The maximum atomic E-state index is 11.6. The van der Waals surface area contributed by atoms with Crippen LogP contribution in [0.25, 0.3) is 6.08 Å². The van der Waals surface area contributed by atoms with Gasteiger partial charge >= 0.3 is 5.97 Å². The molecule has 0 aliphatic rings. The number of rotatable bonds is 3. The fourth-order valence-electron chi connectivity index (χ4n) is 1.27. The predicted octanol–water partition coefficient (Wildman–Crippen LogP) is 1.68. The van der Waals surface area contributed by atoms with E-state index in [-0.39, 0.29) is 11.6 Å². The summed E-state index contributed by atoms with van der Waals surface area (Å²) in [5.41, 5.74) is 1.05. The minimum Gasteiger partial charge on any atom is -0.464 e. The number of hydrogen-bond acceptors (Lipinski definition) is 3. The molecular formula is C13H15NO3. The van der Waals surface area contributed by atoms with Crippen molar-refractivity contribution in [2.45, 2.75) is 6.92 Å². The molecule has 1 aromatic carbocycles. The Bertz CT molecular complexity index is 437. The van der Waals surface area contributed by atoms with E-state index in [2.05, 4.69) is 4.74 Å². The molecule has 0 bridgehead atoms. The Morgan fingerprint density at radius 1 is 1.24 bits per heavy atom. The molecule has 0 radical (unpaired) electrons. The average molecular weight is 233 g/mol. The van der Waals surface area contributed by atoms with Gasteiger partial charge in [0, 0.05) is 14.0 Å². The van der Waals surface area contributed by atoms with Gasteiger partial charge in [0.15, 0.2) is 0 Å². The Labute approximate surface area is 100 Å². The van der Waals surface area contributed by atoms with Crippen LogP contribution in [0.3, 0.4) is 0 Å². The molecule has 0 heterocycles. The minimum absolute atomic E-state index is 0.214. The monoisotopic (exact) mass is 233 g/mol. The number of amides is 1. The van der Waals surface area contributed by atoms with Gasteiger partial charge in [-0.2, -0.15) is 0 Å². The Hall–Kier alpha value is -2.10. The summed E-state index contributed by atoms with van der Waals surface area (Å²) in [4.78, 5) is 24.1. The van der Waals surface area contributed by atoms with E-state index in [1.807, 2.05) is 30.3 Å². The molecule has 0 N–H and O–H groups in total. The third kappa shape index (κ3) is 3.45. The summed E-state index contributed by atoms with van der Waals surface area (Å²) in [5, 5.41) is 0. The van der Waals surface area contributed by atoms with Gasteiger partial charge in [0.05, 0.1) is 7.11 Å². The lowest BCUT2D eigenvalue weighted by molar-refractivity contribution is -0.140. The molecule has 0 fully saturated rings. The van der Waals surface area contributed by atoms with Crippen molar-refractivity contribution >= 4 is 18.0 Å². The van der Waals surface area contributed by atoms with Gasteiger partial charge in [0.25, 0.3) is 0 Å². The van der Waals surface area contributed by atoms with Crippen LogP contribution < -0.4 is 0 Å². The van der Waals surface area contributed by atoms with Gasteiger partial charge in [0.2, 0.25) is 5.91 Å². The molecule has 1 aromatic rings. The highest BCUT2D eigenvalue weighted by Crippen LogP contribution is 2.11. The van der Waals surface area contributed by atoms with Crippen LogP contribution in [-0.4, -0.2) is 30.9 Å². The molecule has 4 heteroatoms. The van der Waals surface area contributed by atoms with Crippen LogP contribution in [0.15, 0.2) is 36.0 Å². The van der Waals surface area contributed by atoms with Crippen molar-refractivity contribution in [1.29, 1.82) is 0 Å². The van der Waals surface area contributed by atoms with E-state index in [0.29, 0.717) is 0 Å². The second-order valence-electron chi connectivity index (χ2n) is 3.51. The van der Waals surface area contributed by atoms with Crippen molar-refractivity contribution in [3.8, 4) is 0 Å². The van der Waals surface area contributed by atoms with E-state index in [0.717, 1.165) is 5.56 Å². The molecule has 0 aliphatic heterocycles. The summed E-state index contributed by atoms with van der Waals surface area (Å²) in [6.45, 7) is 1.39. The molecule has 0 spiro atoms. The number of esters is 1. The fraction of sp³-hybridized carbons (Fsp3) is 0.231. The lowest BCUT2D eigenvalue weighted by Crippen LogP contribution is -2.28. The zero-order valence-corrected chi connectivity index (χ0v) is 10.1. The Morgan fingerprint density at radius 2 is 1.82 bits per heavy atom. The van der Waals surface area contributed by atoms with Gasteiger partial charge in [-0.15, -0.1) is 0 Å². The summed E-state index contributed by atoms with van der Waals surface area (Å²) in [6, 6.07) is 9.28. The molecule has 0 atom stereocenters. The zero-order chi connectivity index (χ0) is 12.8. The molecule has 0 aliphatic carbocycles. The molecular weight excluding hydrogens is 218 g/mol. The van der Waals surface area contributed by atoms with Crippen molar-refractivity contribution in [3.05, 3.63) is 41.6 Å². The van der Waals surface area contributed by atoms with Crippen LogP contribution in [0, 0.1) is 0 Å². The van der Waals surface area contributed by atoms with Gasteiger partial charge in [-0.05, 0) is 11.6 Å². The van der Waals surface area contributed by atoms with Gasteiger partial charge in [0.1, 0.15) is 5.70 Å². The summed E-state index contributed by atoms with van der Waals surface area (Å²) < 4.78 is 4.65. The average Bonchev–Trinajstić information content (AvgIpc) is 2.35. The number of methoxy groups -OCH3 is 1. The van der Waals surface area contributed by atoms with E-state index < -0.39 is 5.97 Å². The third-order valence-corrected chi connectivity index (χ3v) is 2.33. The van der Waals surface area contributed by atoms with Crippen LogP contribution in [0.4, 0.5) is 0 Å². The number of carbonyl (C=O) groups excluding carboxylic acids is 2. The number of likely N-dealkylation sites (N-methyl/N-ethyl adjacent to an activating group) is 1. The van der Waals surface area contributed by atoms with Crippen LogP contribution in [0.2, 0.25) is 0 Å². The first-order chi connectivity index (χ1) is 8.06. The summed E-state index contributed by atoms with van der Waals surface area (Å²) in [5.74, 6) is -0.760. The first-order valence-electron chi connectivity index (χ1n) is 5.15. The molecule has 90 valence electrons. The van der Waals surface area contributed by atoms with Crippen molar-refractivity contribution < 1.29 is 14.3 Å². The van der Waals surface area contributed by atoms with Crippen molar-refractivity contribution in [2.75, 3.05) is 14.2 Å². The molecule has 0 saturated heterocycles. The van der Waals surface area contributed by atoms with Gasteiger partial charge in [-0.3, -0.25) is 4.79 Å². The highest BCUT2D eigenvalue weighted by atomic mass is 16.5. The third-order valence-electron chi connectivity index (χ3n) is 2.33. The summed E-state index contributed by atoms with van der Waals surface area (Å²) in [7, 11) is 2.82. The maximum absolute atomic E-state index is 11.6. The first kappa shape index (κ1) is 13.0. The standard InChI is InChI=1S/C13H15NO3/c1-10(15)14(2)12(13(16)17-3)9-11-7-5-4-6-8-11/h4-9H,1-3H3/b12-9-. The van der Waals surface area contributed by atoms with Crippen molar-refractivity contribution in [3.63, 3.8) is 0 Å². The van der Waals surface area contributed by atoms with Crippen LogP contribution in [-0.2, 0) is 14.3 Å². The quantitative estimate of drug-likeness (QED) is 0.589. The van der Waals surface area contributed by atoms with Crippen molar-refractivity contribution in [2.24, 2.45) is 0 Å². The topological polar surface area (TPSA) is 46.6 Å². The highest BCUT2D eigenvalue weighted by molar-refractivity contribution is 5.97. The molecule has 4 nitrogen and oxygen atoms in total. The molecule has 0 aromatic heterocycles. The molecule has 17 heavy (non-hydrogen) atoms. The molecule has 1 amide bonds. The summed E-state index contributed by atoms with van der Waals surface area (Å²) in [6.07, 6.45) is 1.62. The van der Waals surface area contributed by atoms with Gasteiger partial charge < -0.3 is 9.64 Å². The smallest absolute Gasteiger partial charge is 0.354 e. The highest BCUT2D eigenvalue weighted by Gasteiger charge is 2.17. The van der Waals surface area contributed by atoms with E-state index in [1.165, 1.54) is 26.0 Å². The fourth-order valence-corrected chi connectivity index (χ4v) is 1.27. The van der Waals surface area contributed by atoms with Crippen LogP contribution in [0.5, 0.6) is 0 Å². The number of nitrogens with zero attached hydrogens (tertiary/aromatic N) is 1. The molecule has 0 unspecified atom stereocenters. The largest absolute Gasteiger partial charge is 0.464 e. The number of benzene rings is 1. The Kier molecular flexibility index (Phi) is 4.46. The number of carbonyl (C=O) groups is 2. The normalized spacial score (nSPS) is 10.9. The van der Waals surface area contributed by atoms with E-state index >= 15 is 0 Å². The Balaban J connectivity index is 3.11. The number of ether oxygens (including phenoxy) is 1. The summed E-state index contributed by atoms with van der Waals surface area (Å²) >= 11 is 0. The number of hydrogen-bond donors (Lipinski definition) is 0. The Morgan fingerprint density at radius 3 is 2.29 bits per heavy atom. The molecule has 1 rings (SSSR count). The van der Waals surface area contributed by atoms with Crippen LogP contribution >= 0.6 is 0 Å². The SMILES string of the molecule is COC(=O)/C(=C/c1ccccc1)N(C)C(C)=O. The lowest BCUT2D eigenvalue weighted by atomic mass is 10.2. The first-order valence-corrected chi connectivity index (χ1v) is 5.15.